The highest BCUT2D eigenvalue weighted by molar-refractivity contribution is 5.97. The van der Waals surface area contributed by atoms with Gasteiger partial charge >= 0.3 is 0 Å². The van der Waals surface area contributed by atoms with E-state index in [4.69, 9.17) is 0 Å². The quantitative estimate of drug-likeness (QED) is 0.770. The topological polar surface area (TPSA) is 66.5 Å². The number of anilines is 2. The van der Waals surface area contributed by atoms with E-state index in [1.807, 2.05) is 31.2 Å². The molecule has 0 aliphatic carbocycles. The standard InChI is InChI=1S/C21H24N2O3/c1-4-17-7-5-6-8-20(17)23(16(3)25)14-13-21(26)22-19-11-9-18(10-12-19)15(2)24/h5-12H,4,13-14H2,1-3H3,(H,22,26). The van der Waals surface area contributed by atoms with Crippen LogP contribution in [0.3, 0.4) is 0 Å². The van der Waals surface area contributed by atoms with Gasteiger partial charge in [-0.2, -0.15) is 0 Å². The summed E-state index contributed by atoms with van der Waals surface area (Å²) in [6.07, 6.45) is 1.00. The molecule has 5 heteroatoms. The van der Waals surface area contributed by atoms with Gasteiger partial charge in [0, 0.05) is 36.8 Å². The first-order valence-electron chi connectivity index (χ1n) is 8.69. The molecular weight excluding hydrogens is 328 g/mol. The third kappa shape index (κ3) is 5.02. The lowest BCUT2D eigenvalue weighted by Crippen LogP contribution is -2.32. The summed E-state index contributed by atoms with van der Waals surface area (Å²) in [5, 5.41) is 2.79. The van der Waals surface area contributed by atoms with E-state index in [1.165, 1.54) is 13.8 Å². The zero-order valence-electron chi connectivity index (χ0n) is 15.4. The molecule has 0 saturated carbocycles. The van der Waals surface area contributed by atoms with Crippen LogP contribution in [0.25, 0.3) is 0 Å². The Kier molecular flexibility index (Phi) is 6.67. The Bertz CT molecular complexity index is 797. The second-order valence-corrected chi connectivity index (χ2v) is 6.08. The molecule has 0 unspecified atom stereocenters. The maximum atomic E-state index is 12.2. The summed E-state index contributed by atoms with van der Waals surface area (Å²) in [5.74, 6) is -0.292. The highest BCUT2D eigenvalue weighted by Crippen LogP contribution is 2.21. The lowest BCUT2D eigenvalue weighted by atomic mass is 10.1. The van der Waals surface area contributed by atoms with Gasteiger partial charge in [0.1, 0.15) is 0 Å². The average molecular weight is 352 g/mol. The van der Waals surface area contributed by atoms with Gasteiger partial charge in [0.25, 0.3) is 0 Å². The van der Waals surface area contributed by atoms with Crippen LogP contribution >= 0.6 is 0 Å². The molecular formula is C21H24N2O3. The summed E-state index contributed by atoms with van der Waals surface area (Å²) in [5.41, 5.74) is 3.15. The van der Waals surface area contributed by atoms with Crippen molar-refractivity contribution >= 4 is 29.0 Å². The molecule has 5 nitrogen and oxygen atoms in total. The fourth-order valence-corrected chi connectivity index (χ4v) is 2.75. The van der Waals surface area contributed by atoms with Crippen molar-refractivity contribution in [3.63, 3.8) is 0 Å². The molecule has 0 saturated heterocycles. The number of benzene rings is 2. The van der Waals surface area contributed by atoms with Crippen LogP contribution in [0.2, 0.25) is 0 Å². The molecule has 0 fully saturated rings. The fraction of sp³-hybridized carbons (Fsp3) is 0.286. The number of rotatable bonds is 7. The van der Waals surface area contributed by atoms with Crippen molar-refractivity contribution in [3.05, 3.63) is 59.7 Å². The van der Waals surface area contributed by atoms with Crippen molar-refractivity contribution in [2.45, 2.75) is 33.6 Å². The van der Waals surface area contributed by atoms with Crippen LogP contribution in [0.15, 0.2) is 48.5 Å². The van der Waals surface area contributed by atoms with Gasteiger partial charge in [-0.1, -0.05) is 25.1 Å². The zero-order chi connectivity index (χ0) is 19.1. The van der Waals surface area contributed by atoms with Crippen LogP contribution < -0.4 is 10.2 Å². The van der Waals surface area contributed by atoms with Gasteiger partial charge in [0.2, 0.25) is 11.8 Å². The summed E-state index contributed by atoms with van der Waals surface area (Å²) >= 11 is 0. The Balaban J connectivity index is 2.01. The average Bonchev–Trinajstić information content (AvgIpc) is 2.62. The zero-order valence-corrected chi connectivity index (χ0v) is 15.4. The molecule has 2 amide bonds. The Morgan fingerprint density at radius 1 is 0.962 bits per heavy atom. The van der Waals surface area contributed by atoms with E-state index in [-0.39, 0.29) is 24.0 Å². The molecule has 0 spiro atoms. The van der Waals surface area contributed by atoms with E-state index in [0.717, 1.165) is 17.7 Å². The van der Waals surface area contributed by atoms with Gasteiger partial charge in [-0.15, -0.1) is 0 Å². The van der Waals surface area contributed by atoms with Crippen molar-refractivity contribution in [1.29, 1.82) is 0 Å². The van der Waals surface area contributed by atoms with Gasteiger partial charge in [-0.05, 0) is 49.2 Å². The number of para-hydroxylation sites is 1. The molecule has 26 heavy (non-hydrogen) atoms. The number of aryl methyl sites for hydroxylation is 1. The largest absolute Gasteiger partial charge is 0.326 e. The molecule has 0 atom stereocenters. The maximum Gasteiger partial charge on any atom is 0.226 e. The molecule has 0 radical (unpaired) electrons. The Morgan fingerprint density at radius 2 is 1.62 bits per heavy atom. The van der Waals surface area contributed by atoms with Crippen molar-refractivity contribution in [1.82, 2.24) is 0 Å². The Morgan fingerprint density at radius 3 is 2.19 bits per heavy atom. The minimum atomic E-state index is -0.180. The highest BCUT2D eigenvalue weighted by Gasteiger charge is 2.16. The number of carbonyl (C=O) groups excluding carboxylic acids is 3. The number of hydrogen-bond acceptors (Lipinski definition) is 3. The Hall–Kier alpha value is -2.95. The monoisotopic (exact) mass is 352 g/mol. The minimum absolute atomic E-state index is 0.0189. The summed E-state index contributed by atoms with van der Waals surface area (Å²) < 4.78 is 0. The van der Waals surface area contributed by atoms with Crippen LogP contribution in [0.4, 0.5) is 11.4 Å². The number of hydrogen-bond donors (Lipinski definition) is 1. The maximum absolute atomic E-state index is 12.2. The van der Waals surface area contributed by atoms with Crippen molar-refractivity contribution in [2.24, 2.45) is 0 Å². The van der Waals surface area contributed by atoms with E-state index in [9.17, 15) is 14.4 Å². The number of nitrogens with one attached hydrogen (secondary N) is 1. The van der Waals surface area contributed by atoms with Crippen LogP contribution in [0, 0.1) is 0 Å². The lowest BCUT2D eigenvalue weighted by Gasteiger charge is -2.23. The molecule has 136 valence electrons. The Labute approximate surface area is 154 Å². The molecule has 0 aromatic heterocycles. The first kappa shape index (κ1) is 19.4. The third-order valence-corrected chi connectivity index (χ3v) is 4.18. The molecule has 0 heterocycles. The van der Waals surface area contributed by atoms with Crippen LogP contribution in [0.5, 0.6) is 0 Å². The van der Waals surface area contributed by atoms with E-state index >= 15 is 0 Å². The van der Waals surface area contributed by atoms with E-state index in [1.54, 1.807) is 29.2 Å². The SMILES string of the molecule is CCc1ccccc1N(CCC(=O)Nc1ccc(C(C)=O)cc1)C(C)=O. The second kappa shape index (κ2) is 8.94. The summed E-state index contributed by atoms with van der Waals surface area (Å²) in [6.45, 7) is 5.35. The molecule has 0 bridgehead atoms. The first-order chi connectivity index (χ1) is 12.4. The summed E-state index contributed by atoms with van der Waals surface area (Å²) in [4.78, 5) is 37.2. The summed E-state index contributed by atoms with van der Waals surface area (Å²) in [6, 6.07) is 14.5. The minimum Gasteiger partial charge on any atom is -0.326 e. The van der Waals surface area contributed by atoms with Crippen molar-refractivity contribution < 1.29 is 14.4 Å². The number of carbonyl (C=O) groups is 3. The van der Waals surface area contributed by atoms with E-state index < -0.39 is 0 Å². The molecule has 0 aliphatic rings. The lowest BCUT2D eigenvalue weighted by molar-refractivity contribution is -0.117. The fourth-order valence-electron chi connectivity index (χ4n) is 2.75. The van der Waals surface area contributed by atoms with Crippen LogP contribution in [-0.4, -0.2) is 24.1 Å². The van der Waals surface area contributed by atoms with Gasteiger partial charge in [0.15, 0.2) is 5.78 Å². The smallest absolute Gasteiger partial charge is 0.226 e. The normalized spacial score (nSPS) is 10.3. The third-order valence-electron chi connectivity index (χ3n) is 4.18. The number of Topliss-reactive ketones (excluding diaryl/α,β-unsaturated/α-hetero) is 1. The molecule has 2 aromatic carbocycles. The predicted molar refractivity (Wildman–Crippen MR) is 104 cm³/mol. The number of nitrogens with zero attached hydrogens (tertiary/aromatic N) is 1. The predicted octanol–water partition coefficient (Wildman–Crippen LogP) is 3.83. The van der Waals surface area contributed by atoms with E-state index in [2.05, 4.69) is 5.32 Å². The highest BCUT2D eigenvalue weighted by atomic mass is 16.2. The van der Waals surface area contributed by atoms with Crippen LogP contribution in [0.1, 0.15) is 43.1 Å². The molecule has 0 aliphatic heterocycles. The number of ketones is 1. The van der Waals surface area contributed by atoms with Gasteiger partial charge < -0.3 is 10.2 Å². The second-order valence-electron chi connectivity index (χ2n) is 6.08. The van der Waals surface area contributed by atoms with Gasteiger partial charge in [0.05, 0.1) is 0 Å². The van der Waals surface area contributed by atoms with Crippen molar-refractivity contribution in [2.75, 3.05) is 16.8 Å². The molecule has 2 rings (SSSR count). The molecule has 1 N–H and O–H groups in total. The summed E-state index contributed by atoms with van der Waals surface area (Å²) in [7, 11) is 0. The van der Waals surface area contributed by atoms with Crippen molar-refractivity contribution in [3.8, 4) is 0 Å². The molecule has 2 aromatic rings. The van der Waals surface area contributed by atoms with Gasteiger partial charge in [-0.3, -0.25) is 14.4 Å². The number of amides is 2. The van der Waals surface area contributed by atoms with E-state index in [0.29, 0.717) is 17.8 Å². The van der Waals surface area contributed by atoms with Crippen LogP contribution in [-0.2, 0) is 16.0 Å². The first-order valence-corrected chi connectivity index (χ1v) is 8.69. The van der Waals surface area contributed by atoms with Gasteiger partial charge in [-0.25, -0.2) is 0 Å².